The molecule has 0 radical (unpaired) electrons. The number of halogens is 1. The van der Waals surface area contributed by atoms with Crippen LogP contribution in [0.25, 0.3) is 0 Å². The second kappa shape index (κ2) is 7.65. The molecule has 1 heterocycles. The van der Waals surface area contributed by atoms with E-state index in [-0.39, 0.29) is 18.6 Å². The minimum Gasteiger partial charge on any atom is -0.460 e. The smallest absolute Gasteiger partial charge is 0.313 e. The van der Waals surface area contributed by atoms with Gasteiger partial charge in [0.15, 0.2) is 0 Å². The Morgan fingerprint density at radius 1 is 1.21 bits per heavy atom. The maximum atomic E-state index is 13.2. The number of esters is 1. The van der Waals surface area contributed by atoms with Crippen molar-refractivity contribution in [3.8, 4) is 0 Å². The number of hydrogen-bond donors (Lipinski definition) is 3. The van der Waals surface area contributed by atoms with E-state index >= 15 is 0 Å². The second-order valence-electron chi connectivity index (χ2n) is 7.61. The van der Waals surface area contributed by atoms with E-state index in [0.29, 0.717) is 11.3 Å². The van der Waals surface area contributed by atoms with Gasteiger partial charge in [-0.05, 0) is 30.2 Å². The zero-order valence-corrected chi connectivity index (χ0v) is 17.4. The van der Waals surface area contributed by atoms with Crippen LogP contribution in [0.3, 0.4) is 0 Å². The molecule has 3 atom stereocenters. The minimum absolute atomic E-state index is 0.105. The number of aromatic amines is 2. The Morgan fingerprint density at radius 3 is 2.69 bits per heavy atom. The minimum atomic E-state index is -1.39. The molecule has 29 heavy (non-hydrogen) atoms. The number of carbonyl (C=O) groups is 1. The highest BCUT2D eigenvalue weighted by Crippen LogP contribution is 2.45. The van der Waals surface area contributed by atoms with Crippen molar-refractivity contribution in [1.82, 2.24) is 10.2 Å². The average Bonchev–Trinajstić information content (AvgIpc) is 3.05. The molecule has 0 saturated heterocycles. The summed E-state index contributed by atoms with van der Waals surface area (Å²) in [6.07, 6.45) is 0.149. The monoisotopic (exact) mass is 456 g/mol. The van der Waals surface area contributed by atoms with E-state index in [1.165, 1.54) is 0 Å². The molecule has 0 unspecified atom stereocenters. The number of aliphatic hydroxyl groups is 1. The quantitative estimate of drug-likeness (QED) is 0.525. The van der Waals surface area contributed by atoms with Crippen molar-refractivity contribution >= 4 is 21.9 Å². The first-order valence-electron chi connectivity index (χ1n) is 9.34. The Morgan fingerprint density at radius 2 is 1.97 bits per heavy atom. The molecule has 4 rings (SSSR count). The average molecular weight is 457 g/mol. The van der Waals surface area contributed by atoms with E-state index in [1.807, 2.05) is 54.6 Å². The first-order valence-corrected chi connectivity index (χ1v) is 10.1. The van der Waals surface area contributed by atoms with Gasteiger partial charge in [-0.3, -0.25) is 14.7 Å². The third-order valence-electron chi connectivity index (χ3n) is 5.43. The molecule has 1 aliphatic carbocycles. The number of nitrogens with one attached hydrogen (secondary N) is 2. The van der Waals surface area contributed by atoms with Crippen LogP contribution < -0.4 is 5.56 Å². The van der Waals surface area contributed by atoms with E-state index in [2.05, 4.69) is 26.1 Å². The Hall–Kier alpha value is -2.64. The second-order valence-corrected chi connectivity index (χ2v) is 8.52. The van der Waals surface area contributed by atoms with Crippen LogP contribution in [0.5, 0.6) is 0 Å². The lowest BCUT2D eigenvalue weighted by Crippen LogP contribution is -2.50. The maximum absolute atomic E-state index is 13.2. The molecule has 7 heteroatoms. The topological polar surface area (TPSA) is 95.2 Å². The molecule has 150 valence electrons. The molecule has 0 bridgehead atoms. The Bertz CT molecular complexity index is 1090. The fourth-order valence-corrected chi connectivity index (χ4v) is 4.55. The SMILES string of the molecule is C[C@]1(O)Cc2[nH][nH]c(=O)c2[C@H](c2cccc(Br)c2)[C@H]1C(=O)OCc1ccccc1. The van der Waals surface area contributed by atoms with E-state index in [9.17, 15) is 14.7 Å². The van der Waals surface area contributed by atoms with Crippen molar-refractivity contribution in [2.75, 3.05) is 0 Å². The number of hydrogen-bond acceptors (Lipinski definition) is 4. The van der Waals surface area contributed by atoms with Gasteiger partial charge in [-0.1, -0.05) is 58.4 Å². The molecule has 2 aromatic carbocycles. The van der Waals surface area contributed by atoms with Crippen LogP contribution >= 0.6 is 15.9 Å². The van der Waals surface area contributed by atoms with Crippen molar-refractivity contribution in [2.24, 2.45) is 5.92 Å². The van der Waals surface area contributed by atoms with Gasteiger partial charge in [0.05, 0.1) is 11.5 Å². The lowest BCUT2D eigenvalue weighted by atomic mass is 9.66. The standard InChI is InChI=1S/C22H21BrN2O4/c1-22(28)11-16-18(20(26)25-24-16)17(14-8-5-9-15(23)10-14)19(22)21(27)29-12-13-6-3-2-4-7-13/h2-10,17,19,28H,11-12H2,1H3,(H2,24,25,26)/t17-,19-,22-/m0/s1. The van der Waals surface area contributed by atoms with Crippen molar-refractivity contribution in [3.63, 3.8) is 0 Å². The molecule has 3 N–H and O–H groups in total. The molecular formula is C22H21BrN2O4. The molecule has 0 spiro atoms. The summed E-state index contributed by atoms with van der Waals surface area (Å²) < 4.78 is 6.41. The largest absolute Gasteiger partial charge is 0.460 e. The molecule has 0 amide bonds. The predicted molar refractivity (Wildman–Crippen MR) is 111 cm³/mol. The van der Waals surface area contributed by atoms with Crippen molar-refractivity contribution in [3.05, 3.63) is 91.8 Å². The Labute approximate surface area is 176 Å². The third kappa shape index (κ3) is 3.80. The number of fused-ring (bicyclic) bond motifs is 1. The molecule has 0 saturated carbocycles. The van der Waals surface area contributed by atoms with Gasteiger partial charge in [-0.15, -0.1) is 0 Å². The summed E-state index contributed by atoms with van der Waals surface area (Å²) in [4.78, 5) is 25.7. The normalized spacial score (nSPS) is 23.4. The van der Waals surface area contributed by atoms with Crippen molar-refractivity contribution in [2.45, 2.75) is 31.5 Å². The summed E-state index contributed by atoms with van der Waals surface area (Å²) in [6.45, 7) is 1.72. The van der Waals surface area contributed by atoms with Gasteiger partial charge in [-0.25, -0.2) is 0 Å². The van der Waals surface area contributed by atoms with E-state index in [1.54, 1.807) is 6.92 Å². The zero-order valence-electron chi connectivity index (χ0n) is 15.8. The fourth-order valence-electron chi connectivity index (χ4n) is 4.13. The highest BCUT2D eigenvalue weighted by molar-refractivity contribution is 9.10. The number of rotatable bonds is 4. The van der Waals surface area contributed by atoms with Gasteiger partial charge < -0.3 is 14.9 Å². The highest BCUT2D eigenvalue weighted by atomic mass is 79.9. The highest BCUT2D eigenvalue weighted by Gasteiger charge is 2.51. The molecular weight excluding hydrogens is 436 g/mol. The Balaban J connectivity index is 1.75. The summed E-state index contributed by atoms with van der Waals surface area (Å²) in [5, 5.41) is 16.7. The van der Waals surface area contributed by atoms with E-state index in [4.69, 9.17) is 4.74 Å². The van der Waals surface area contributed by atoms with Crippen molar-refractivity contribution < 1.29 is 14.6 Å². The van der Waals surface area contributed by atoms with Crippen LogP contribution in [-0.2, 0) is 22.6 Å². The molecule has 1 aromatic heterocycles. The number of benzene rings is 2. The van der Waals surface area contributed by atoms with Gasteiger partial charge in [0.25, 0.3) is 5.56 Å². The molecule has 0 aliphatic heterocycles. The van der Waals surface area contributed by atoms with Crippen LogP contribution in [0.2, 0.25) is 0 Å². The van der Waals surface area contributed by atoms with Gasteiger partial charge in [0.2, 0.25) is 0 Å². The van der Waals surface area contributed by atoms with Crippen LogP contribution in [-0.4, -0.2) is 26.9 Å². The third-order valence-corrected chi connectivity index (χ3v) is 5.92. The summed E-state index contributed by atoms with van der Waals surface area (Å²) in [5.41, 5.74) is 1.01. The maximum Gasteiger partial charge on any atom is 0.313 e. The Kier molecular flexibility index (Phi) is 5.19. The summed E-state index contributed by atoms with van der Waals surface area (Å²) in [6, 6.07) is 16.8. The first kappa shape index (κ1) is 19.7. The first-order chi connectivity index (χ1) is 13.9. The lowest BCUT2D eigenvalue weighted by Gasteiger charge is -2.40. The number of aromatic nitrogens is 2. The van der Waals surface area contributed by atoms with E-state index in [0.717, 1.165) is 15.6 Å². The van der Waals surface area contributed by atoms with Gasteiger partial charge in [0.1, 0.15) is 6.61 Å². The molecule has 3 aromatic rings. The number of H-pyrrole nitrogens is 2. The van der Waals surface area contributed by atoms with Crippen LogP contribution in [0.4, 0.5) is 0 Å². The molecule has 6 nitrogen and oxygen atoms in total. The molecule has 0 fully saturated rings. The van der Waals surface area contributed by atoms with Crippen LogP contribution in [0.1, 0.15) is 35.2 Å². The zero-order chi connectivity index (χ0) is 20.6. The fraction of sp³-hybridized carbons (Fsp3) is 0.273. The van der Waals surface area contributed by atoms with E-state index < -0.39 is 23.4 Å². The van der Waals surface area contributed by atoms with Gasteiger partial charge in [-0.2, -0.15) is 0 Å². The lowest BCUT2D eigenvalue weighted by molar-refractivity contribution is -0.161. The summed E-state index contributed by atoms with van der Waals surface area (Å²) in [5.74, 6) is -2.09. The van der Waals surface area contributed by atoms with Crippen molar-refractivity contribution in [1.29, 1.82) is 0 Å². The van der Waals surface area contributed by atoms with Crippen LogP contribution in [0.15, 0.2) is 63.9 Å². The summed E-state index contributed by atoms with van der Waals surface area (Å²) >= 11 is 3.45. The molecule has 1 aliphatic rings. The predicted octanol–water partition coefficient (Wildman–Crippen LogP) is 3.26. The number of ether oxygens (including phenoxy) is 1. The summed E-state index contributed by atoms with van der Waals surface area (Å²) in [7, 11) is 0. The van der Waals surface area contributed by atoms with Crippen LogP contribution in [0, 0.1) is 5.92 Å². The van der Waals surface area contributed by atoms with Gasteiger partial charge >= 0.3 is 5.97 Å². The van der Waals surface area contributed by atoms with Gasteiger partial charge in [0, 0.05) is 28.1 Å². The number of carbonyl (C=O) groups excluding carboxylic acids is 1.